The third-order valence-corrected chi connectivity index (χ3v) is 4.61. The molecule has 6 heteroatoms. The maximum Gasteiger partial charge on any atom is 0.410 e. The number of aliphatic hydroxyl groups is 1. The molecule has 21 heavy (non-hydrogen) atoms. The predicted molar refractivity (Wildman–Crippen MR) is 75.5 cm³/mol. The van der Waals surface area contributed by atoms with E-state index in [9.17, 15) is 14.7 Å². The molecule has 3 rings (SSSR count). The highest BCUT2D eigenvalue weighted by molar-refractivity contribution is 5.83. The summed E-state index contributed by atoms with van der Waals surface area (Å²) >= 11 is 0. The Hall–Kier alpha value is -1.30. The summed E-state index contributed by atoms with van der Waals surface area (Å²) < 4.78 is 5.36. The lowest BCUT2D eigenvalue weighted by atomic mass is 10.2. The first-order valence-electron chi connectivity index (χ1n) is 7.71. The van der Waals surface area contributed by atoms with Crippen LogP contribution < -0.4 is 0 Å². The van der Waals surface area contributed by atoms with Crippen molar-refractivity contribution in [1.29, 1.82) is 0 Å². The highest BCUT2D eigenvalue weighted by Gasteiger charge is 2.61. The van der Waals surface area contributed by atoms with Crippen LogP contribution in [0.15, 0.2) is 0 Å². The van der Waals surface area contributed by atoms with Crippen LogP contribution in [0, 0.1) is 17.8 Å². The van der Waals surface area contributed by atoms with Gasteiger partial charge in [0.2, 0.25) is 5.91 Å². The van der Waals surface area contributed by atoms with E-state index in [-0.39, 0.29) is 35.9 Å². The lowest BCUT2D eigenvalue weighted by Crippen LogP contribution is -2.39. The quantitative estimate of drug-likeness (QED) is 0.773. The van der Waals surface area contributed by atoms with Crippen LogP contribution >= 0.6 is 0 Å². The van der Waals surface area contributed by atoms with E-state index < -0.39 is 5.60 Å². The Balaban J connectivity index is 1.50. The molecule has 1 saturated carbocycles. The number of nitrogens with zero attached hydrogens (tertiary/aromatic N) is 2. The molecule has 1 aliphatic carbocycles. The molecule has 0 spiro atoms. The Bertz CT molecular complexity index is 447. The lowest BCUT2D eigenvalue weighted by molar-refractivity contribution is -0.132. The second-order valence-corrected chi connectivity index (χ2v) is 7.47. The van der Waals surface area contributed by atoms with Crippen molar-refractivity contribution < 1.29 is 19.4 Å². The summed E-state index contributed by atoms with van der Waals surface area (Å²) in [6.07, 6.45) is 0.0287. The van der Waals surface area contributed by atoms with E-state index in [0.717, 1.165) is 0 Å². The van der Waals surface area contributed by atoms with Gasteiger partial charge in [-0.15, -0.1) is 0 Å². The molecule has 4 atom stereocenters. The highest BCUT2D eigenvalue weighted by Crippen LogP contribution is 2.53. The molecule has 0 aromatic rings. The monoisotopic (exact) mass is 296 g/mol. The second kappa shape index (κ2) is 4.87. The number of ether oxygens (including phenoxy) is 1. The van der Waals surface area contributed by atoms with Crippen molar-refractivity contribution in [3.63, 3.8) is 0 Å². The summed E-state index contributed by atoms with van der Waals surface area (Å²) in [5.74, 6) is 0.768. The number of aliphatic hydroxyl groups excluding tert-OH is 1. The van der Waals surface area contributed by atoms with E-state index >= 15 is 0 Å². The third-order valence-electron chi connectivity index (χ3n) is 4.61. The number of fused-ring (bicyclic) bond motifs is 1. The molecule has 3 aliphatic rings. The first-order chi connectivity index (χ1) is 9.76. The molecule has 0 radical (unpaired) electrons. The number of hydrogen-bond donors (Lipinski definition) is 1. The van der Waals surface area contributed by atoms with Crippen molar-refractivity contribution in [2.24, 2.45) is 17.8 Å². The number of rotatable bonds is 1. The van der Waals surface area contributed by atoms with E-state index in [4.69, 9.17) is 4.74 Å². The average molecular weight is 296 g/mol. The maximum atomic E-state index is 12.4. The highest BCUT2D eigenvalue weighted by atomic mass is 16.6. The zero-order valence-electron chi connectivity index (χ0n) is 12.9. The minimum absolute atomic E-state index is 0.0500. The summed E-state index contributed by atoms with van der Waals surface area (Å²) in [7, 11) is 0. The third kappa shape index (κ3) is 2.86. The van der Waals surface area contributed by atoms with Crippen LogP contribution in [-0.2, 0) is 9.53 Å². The van der Waals surface area contributed by atoms with Crippen molar-refractivity contribution >= 4 is 12.0 Å². The fourth-order valence-electron chi connectivity index (χ4n) is 3.52. The van der Waals surface area contributed by atoms with Crippen molar-refractivity contribution in [1.82, 2.24) is 9.80 Å². The number of β-amino-alcohol motifs (C(OH)–C–C–N with tert-alkyl or cyclic N) is 1. The lowest BCUT2D eigenvalue weighted by Gasteiger charge is -2.26. The zero-order chi connectivity index (χ0) is 15.4. The normalized spacial score (nSPS) is 34.9. The molecule has 118 valence electrons. The zero-order valence-corrected chi connectivity index (χ0v) is 12.9. The molecule has 0 aromatic heterocycles. The van der Waals surface area contributed by atoms with Gasteiger partial charge in [0.25, 0.3) is 0 Å². The van der Waals surface area contributed by atoms with Crippen LogP contribution in [0.3, 0.4) is 0 Å². The van der Waals surface area contributed by atoms with E-state index in [0.29, 0.717) is 32.6 Å². The summed E-state index contributed by atoms with van der Waals surface area (Å²) in [4.78, 5) is 27.8. The van der Waals surface area contributed by atoms with Gasteiger partial charge in [-0.3, -0.25) is 4.79 Å². The van der Waals surface area contributed by atoms with Crippen LogP contribution in [-0.4, -0.2) is 64.8 Å². The number of amides is 2. The standard InChI is InChI=1S/C15H24N2O4/c1-15(2,3)21-14(20)17-7-10-11(8-17)12(10)13(19)16-5-4-9(18)6-16/h9-12,18H,4-8H2,1-3H3/t9-,10-,11+,12?/m0/s1. The fraction of sp³-hybridized carbons (Fsp3) is 0.867. The molecule has 2 aliphatic heterocycles. The Labute approximate surface area is 125 Å². The minimum Gasteiger partial charge on any atom is -0.444 e. The Kier molecular flexibility index (Phi) is 3.39. The molecule has 1 N–H and O–H groups in total. The molecule has 2 saturated heterocycles. The van der Waals surface area contributed by atoms with Gasteiger partial charge in [0.1, 0.15) is 5.60 Å². The van der Waals surface area contributed by atoms with E-state index in [1.165, 1.54) is 0 Å². The molecule has 2 amide bonds. The minimum atomic E-state index is -0.481. The van der Waals surface area contributed by atoms with Crippen molar-refractivity contribution in [2.75, 3.05) is 26.2 Å². The average Bonchev–Trinajstić information content (AvgIpc) is 2.76. The van der Waals surface area contributed by atoms with Gasteiger partial charge in [-0.1, -0.05) is 0 Å². The Morgan fingerprint density at radius 3 is 2.19 bits per heavy atom. The second-order valence-electron chi connectivity index (χ2n) is 7.47. The summed E-state index contributed by atoms with van der Waals surface area (Å²) in [5, 5.41) is 9.51. The first-order valence-corrected chi connectivity index (χ1v) is 7.71. The van der Waals surface area contributed by atoms with Crippen LogP contribution in [0.5, 0.6) is 0 Å². The number of carbonyl (C=O) groups excluding carboxylic acids is 2. The summed E-state index contributed by atoms with van der Waals surface area (Å²) in [6.45, 7) is 7.92. The van der Waals surface area contributed by atoms with Gasteiger partial charge >= 0.3 is 6.09 Å². The molecule has 1 unspecified atom stereocenters. The maximum absolute atomic E-state index is 12.4. The molecular formula is C15H24N2O4. The van der Waals surface area contributed by atoms with Crippen molar-refractivity contribution in [2.45, 2.75) is 38.9 Å². The SMILES string of the molecule is CC(C)(C)OC(=O)N1C[C@@H]2C(C(=O)N3CC[C@H](O)C3)[C@@H]2C1. The molecule has 6 nitrogen and oxygen atoms in total. The van der Waals surface area contributed by atoms with Gasteiger partial charge in [0, 0.05) is 32.1 Å². The van der Waals surface area contributed by atoms with E-state index in [2.05, 4.69) is 0 Å². The van der Waals surface area contributed by atoms with Gasteiger partial charge < -0.3 is 19.6 Å². The Morgan fingerprint density at radius 2 is 1.71 bits per heavy atom. The van der Waals surface area contributed by atoms with Gasteiger partial charge in [-0.05, 0) is 39.0 Å². The van der Waals surface area contributed by atoms with Crippen molar-refractivity contribution in [3.8, 4) is 0 Å². The Morgan fingerprint density at radius 1 is 1.10 bits per heavy atom. The molecular weight excluding hydrogens is 272 g/mol. The number of piperidine rings is 1. The number of likely N-dealkylation sites (tertiary alicyclic amines) is 2. The predicted octanol–water partition coefficient (Wildman–Crippen LogP) is 0.693. The van der Waals surface area contributed by atoms with Gasteiger partial charge in [0.05, 0.1) is 6.10 Å². The van der Waals surface area contributed by atoms with Crippen LogP contribution in [0.4, 0.5) is 4.79 Å². The van der Waals surface area contributed by atoms with Crippen molar-refractivity contribution in [3.05, 3.63) is 0 Å². The topological polar surface area (TPSA) is 70.1 Å². The van der Waals surface area contributed by atoms with Crippen LogP contribution in [0.2, 0.25) is 0 Å². The van der Waals surface area contributed by atoms with Gasteiger partial charge in [-0.2, -0.15) is 0 Å². The number of hydrogen-bond acceptors (Lipinski definition) is 4. The van der Waals surface area contributed by atoms with Gasteiger partial charge in [-0.25, -0.2) is 4.79 Å². The number of carbonyl (C=O) groups is 2. The molecule has 2 heterocycles. The largest absolute Gasteiger partial charge is 0.444 e. The van der Waals surface area contributed by atoms with Crippen LogP contribution in [0.25, 0.3) is 0 Å². The van der Waals surface area contributed by atoms with E-state index in [1.807, 2.05) is 20.8 Å². The van der Waals surface area contributed by atoms with Gasteiger partial charge in [0.15, 0.2) is 0 Å². The summed E-state index contributed by atoms with van der Waals surface area (Å²) in [6, 6.07) is 0. The fourth-order valence-corrected chi connectivity index (χ4v) is 3.52. The summed E-state index contributed by atoms with van der Waals surface area (Å²) in [5.41, 5.74) is -0.481. The molecule has 0 bridgehead atoms. The first kappa shape index (κ1) is 14.6. The molecule has 3 fully saturated rings. The van der Waals surface area contributed by atoms with Crippen LogP contribution in [0.1, 0.15) is 27.2 Å². The molecule has 0 aromatic carbocycles. The van der Waals surface area contributed by atoms with E-state index in [1.54, 1.807) is 9.80 Å². The smallest absolute Gasteiger partial charge is 0.410 e.